The Morgan fingerprint density at radius 1 is 1.25 bits per heavy atom. The third-order valence-electron chi connectivity index (χ3n) is 1.22. The number of hydrogen-bond donors (Lipinski definition) is 3. The van der Waals surface area contributed by atoms with Crippen molar-refractivity contribution in [3.8, 4) is 0 Å². The van der Waals surface area contributed by atoms with Crippen molar-refractivity contribution < 1.29 is 94.2 Å². The Balaban J connectivity index is -0.000000141. The predicted octanol–water partition coefficient (Wildman–Crippen LogP) is -8.30. The van der Waals surface area contributed by atoms with Crippen LogP contribution in [0.15, 0.2) is 0 Å². The first-order chi connectivity index (χ1) is 6.32. The molecule has 0 aliphatic heterocycles. The Kier molecular flexibility index (Phi) is 13.4. The number of carbonyl (C=O) groups excluding carboxylic acids is 2. The van der Waals surface area contributed by atoms with Crippen LogP contribution in [-0.4, -0.2) is 30.2 Å². The van der Waals surface area contributed by atoms with E-state index in [2.05, 4.69) is 21.5 Å². The first kappa shape index (κ1) is 22.0. The molecule has 0 bridgehead atoms. The number of nitrogens with two attached hydrogens (primary N) is 2. The molecule has 5 N–H and O–H groups in total. The zero-order chi connectivity index (χ0) is 11.4. The van der Waals surface area contributed by atoms with E-state index in [0.717, 1.165) is 0 Å². The minimum Gasteiger partial charge on any atom is -1.00 e. The van der Waals surface area contributed by atoms with Gasteiger partial charge in [-0.3, -0.25) is 9.35 Å². The molecule has 12 heteroatoms. The molecule has 0 aliphatic rings. The van der Waals surface area contributed by atoms with Crippen molar-refractivity contribution in [1.29, 1.82) is 0 Å². The number of rotatable bonds is 4. The summed E-state index contributed by atoms with van der Waals surface area (Å²) in [4.78, 5) is 28.4. The summed E-state index contributed by atoms with van der Waals surface area (Å²) in [6.45, 7) is 0. The van der Waals surface area contributed by atoms with Crippen LogP contribution in [0.1, 0.15) is 9.27 Å². The molecule has 0 saturated carbocycles. The smallest absolute Gasteiger partial charge is 1.00 e. The summed E-state index contributed by atoms with van der Waals surface area (Å²) in [5.41, 5.74) is 0. The summed E-state index contributed by atoms with van der Waals surface area (Å²) in [7, 11) is -4.79. The van der Waals surface area contributed by atoms with Crippen LogP contribution in [0.4, 0.5) is 0 Å². The van der Waals surface area contributed by atoms with Crippen LogP contribution < -0.4 is 70.9 Å². The Morgan fingerprint density at radius 2 is 1.69 bits per heavy atom. The molecule has 86 valence electrons. The monoisotopic (exact) mass is 276 g/mol. The first-order valence-electron chi connectivity index (χ1n) is 3.09. The summed E-state index contributed by atoms with van der Waals surface area (Å²) in [6.07, 6.45) is -0.981. The van der Waals surface area contributed by atoms with E-state index in [9.17, 15) is 18.0 Å². The molecule has 0 aromatic rings. The second-order valence-electron chi connectivity index (χ2n) is 2.13. The number of hydrogen-bond acceptors (Lipinski definition) is 8. The van der Waals surface area contributed by atoms with Gasteiger partial charge in [-0.05, 0) is 0 Å². The Morgan fingerprint density at radius 3 is 1.94 bits per heavy atom. The van der Waals surface area contributed by atoms with Gasteiger partial charge in [0.25, 0.3) is 10.1 Å². The van der Waals surface area contributed by atoms with E-state index < -0.39 is 33.7 Å². The molecule has 16 heavy (non-hydrogen) atoms. The molecular formula is C4H10N2Na2O7S. The third-order valence-corrected chi connectivity index (χ3v) is 2.30. The predicted molar refractivity (Wildman–Crippen MR) is 42.7 cm³/mol. The van der Waals surface area contributed by atoms with E-state index in [1.54, 1.807) is 0 Å². The van der Waals surface area contributed by atoms with Crippen LogP contribution in [-0.2, 0) is 29.4 Å². The molecule has 0 radical (unpaired) electrons. The van der Waals surface area contributed by atoms with Gasteiger partial charge in [0.2, 0.25) is 0 Å². The molecule has 0 spiro atoms. The Hall–Kier alpha value is 0.770. The van der Waals surface area contributed by atoms with Gasteiger partial charge in [-0.15, -0.1) is 0 Å². The van der Waals surface area contributed by atoms with Crippen molar-refractivity contribution in [3.63, 3.8) is 0 Å². The first-order valence-corrected chi connectivity index (χ1v) is 4.59. The van der Waals surface area contributed by atoms with E-state index in [-0.39, 0.29) is 62.0 Å². The molecule has 9 nitrogen and oxygen atoms in total. The van der Waals surface area contributed by atoms with Gasteiger partial charge in [-0.2, -0.15) is 20.2 Å². The second-order valence-corrected chi connectivity index (χ2v) is 3.73. The summed E-state index contributed by atoms with van der Waals surface area (Å²) < 4.78 is 29.6. The molecule has 0 amide bonds. The standard InChI is InChI=1S/C4H8N2O7S.2Na.2H/c5-12-3(7)1-2(4(8)13-6)14(9,10)11;;;;/h2H,1,5-6H2,(H,9,10,11);;;;/q;2*+1;2*-1. The average Bonchev–Trinajstić information content (AvgIpc) is 2.10. The summed E-state index contributed by atoms with van der Waals surface area (Å²) in [5, 5.41) is -2.14. The zero-order valence-corrected chi connectivity index (χ0v) is 13.6. The zero-order valence-electron chi connectivity index (χ0n) is 10.7. The van der Waals surface area contributed by atoms with Gasteiger partial charge in [0.05, 0.1) is 6.42 Å². The fourth-order valence-electron chi connectivity index (χ4n) is 0.586. The maximum Gasteiger partial charge on any atom is 1.00 e. The van der Waals surface area contributed by atoms with Gasteiger partial charge in [-0.25, -0.2) is 4.79 Å². The van der Waals surface area contributed by atoms with Gasteiger partial charge in [0.1, 0.15) is 0 Å². The average molecular weight is 276 g/mol. The van der Waals surface area contributed by atoms with Gasteiger partial charge in [0.15, 0.2) is 5.25 Å². The molecular weight excluding hydrogens is 266 g/mol. The van der Waals surface area contributed by atoms with Crippen molar-refractivity contribution in [3.05, 3.63) is 0 Å². The Bertz CT molecular complexity index is 340. The van der Waals surface area contributed by atoms with E-state index in [1.165, 1.54) is 0 Å². The van der Waals surface area contributed by atoms with Gasteiger partial charge < -0.3 is 12.5 Å². The topological polar surface area (TPSA) is 159 Å². The molecule has 0 fully saturated rings. The largest absolute Gasteiger partial charge is 1.00 e. The van der Waals surface area contributed by atoms with Crippen LogP contribution in [0.2, 0.25) is 0 Å². The maximum absolute atomic E-state index is 10.7. The fraction of sp³-hybridized carbons (Fsp3) is 0.500. The van der Waals surface area contributed by atoms with Crippen LogP contribution in [0, 0.1) is 0 Å². The van der Waals surface area contributed by atoms with Gasteiger partial charge >= 0.3 is 71.1 Å². The summed E-state index contributed by atoms with van der Waals surface area (Å²) in [5.74, 6) is 6.08. The van der Waals surface area contributed by atoms with E-state index >= 15 is 0 Å². The molecule has 0 aromatic heterocycles. The normalized spacial score (nSPS) is 11.4. The summed E-state index contributed by atoms with van der Waals surface area (Å²) >= 11 is 0. The van der Waals surface area contributed by atoms with Crippen LogP contribution in [0.5, 0.6) is 0 Å². The van der Waals surface area contributed by atoms with Crippen LogP contribution in [0.3, 0.4) is 0 Å². The minimum absolute atomic E-state index is 0. The van der Waals surface area contributed by atoms with Crippen LogP contribution >= 0.6 is 0 Å². The quantitative estimate of drug-likeness (QED) is 0.257. The van der Waals surface area contributed by atoms with Crippen LogP contribution in [0.25, 0.3) is 0 Å². The van der Waals surface area contributed by atoms with Crippen molar-refractivity contribution in [2.24, 2.45) is 11.8 Å². The van der Waals surface area contributed by atoms with Crippen molar-refractivity contribution in [2.75, 3.05) is 0 Å². The fourth-order valence-corrected chi connectivity index (χ4v) is 1.23. The molecule has 0 aromatic carbocycles. The Labute approximate surface area is 138 Å². The van der Waals surface area contributed by atoms with Crippen molar-refractivity contribution >= 4 is 22.1 Å². The molecule has 0 rings (SSSR count). The van der Waals surface area contributed by atoms with Crippen molar-refractivity contribution in [1.82, 2.24) is 0 Å². The second kappa shape index (κ2) is 9.76. The SMILES string of the molecule is NOC(=O)CC(C(=O)ON)S(=O)(=O)O.[H-].[H-].[Na+].[Na+]. The van der Waals surface area contributed by atoms with E-state index in [0.29, 0.717) is 0 Å². The van der Waals surface area contributed by atoms with Crippen molar-refractivity contribution in [2.45, 2.75) is 11.7 Å². The molecule has 0 aliphatic carbocycles. The third kappa shape index (κ3) is 7.95. The van der Waals surface area contributed by atoms with E-state index in [1.807, 2.05) is 0 Å². The van der Waals surface area contributed by atoms with Gasteiger partial charge in [-0.1, -0.05) is 0 Å². The molecule has 0 heterocycles. The minimum atomic E-state index is -4.79. The molecule has 1 atom stereocenters. The summed E-state index contributed by atoms with van der Waals surface area (Å²) in [6, 6.07) is 0. The van der Waals surface area contributed by atoms with Gasteiger partial charge in [0, 0.05) is 0 Å². The molecule has 1 unspecified atom stereocenters. The molecule has 0 saturated heterocycles. The maximum atomic E-state index is 10.7. The van der Waals surface area contributed by atoms with E-state index in [4.69, 9.17) is 4.55 Å². The number of carbonyl (C=O) groups is 2.